The van der Waals surface area contributed by atoms with Crippen molar-refractivity contribution in [1.82, 2.24) is 4.90 Å². The van der Waals surface area contributed by atoms with E-state index in [-0.39, 0.29) is 11.7 Å². The summed E-state index contributed by atoms with van der Waals surface area (Å²) in [6, 6.07) is 7.23. The number of nitrogens with two attached hydrogens (primary N) is 1. The van der Waals surface area contributed by atoms with Crippen LogP contribution in [0.25, 0.3) is 0 Å². The molecule has 1 aliphatic heterocycles. The van der Waals surface area contributed by atoms with Crippen LogP contribution in [0.1, 0.15) is 30.6 Å². The van der Waals surface area contributed by atoms with Crippen molar-refractivity contribution in [2.75, 3.05) is 26.2 Å². The van der Waals surface area contributed by atoms with Crippen molar-refractivity contribution in [3.63, 3.8) is 0 Å². The second kappa shape index (κ2) is 6.26. The number of hydrogen-bond donors (Lipinski definition) is 1. The molecule has 1 aliphatic rings. The van der Waals surface area contributed by atoms with E-state index in [1.807, 2.05) is 19.1 Å². The molecule has 0 aromatic heterocycles. The Hall–Kier alpha value is -1.88. The number of primary amides is 1. The van der Waals surface area contributed by atoms with Crippen molar-refractivity contribution in [2.24, 2.45) is 11.1 Å². The number of ketones is 1. The third kappa shape index (κ3) is 3.61. The number of amides is 1. The van der Waals surface area contributed by atoms with E-state index in [0.29, 0.717) is 24.5 Å². The molecule has 1 heterocycles. The van der Waals surface area contributed by atoms with Crippen LogP contribution < -0.4 is 10.5 Å². The number of ether oxygens (including phenoxy) is 1. The highest BCUT2D eigenvalue weighted by atomic mass is 16.5. The van der Waals surface area contributed by atoms with E-state index in [1.165, 1.54) is 6.92 Å². The van der Waals surface area contributed by atoms with Gasteiger partial charge in [-0.15, -0.1) is 0 Å². The summed E-state index contributed by atoms with van der Waals surface area (Å²) in [6.07, 6.45) is 0.784. The fraction of sp³-hybridized carbons (Fsp3) is 0.500. The number of rotatable bonds is 6. The van der Waals surface area contributed by atoms with E-state index in [9.17, 15) is 9.59 Å². The van der Waals surface area contributed by atoms with Gasteiger partial charge in [0.15, 0.2) is 5.78 Å². The predicted octanol–water partition coefficient (Wildman–Crippen LogP) is 1.47. The van der Waals surface area contributed by atoms with Crippen LogP contribution in [0.15, 0.2) is 24.3 Å². The van der Waals surface area contributed by atoms with Crippen LogP contribution in [-0.4, -0.2) is 42.8 Å². The van der Waals surface area contributed by atoms with Gasteiger partial charge < -0.3 is 10.5 Å². The molecule has 5 heteroatoms. The predicted molar refractivity (Wildman–Crippen MR) is 80.3 cm³/mol. The minimum Gasteiger partial charge on any atom is -0.491 e. The number of likely N-dealkylation sites (tertiary alicyclic amines) is 1. The van der Waals surface area contributed by atoms with Gasteiger partial charge >= 0.3 is 0 Å². The molecule has 0 radical (unpaired) electrons. The minimum atomic E-state index is -0.433. The van der Waals surface area contributed by atoms with Gasteiger partial charge in [0.05, 0.1) is 11.0 Å². The maximum Gasteiger partial charge on any atom is 0.224 e. The Balaban J connectivity index is 1.86. The Bertz CT molecular complexity index is 544. The van der Waals surface area contributed by atoms with E-state index in [0.717, 1.165) is 19.5 Å². The minimum absolute atomic E-state index is 0.00641. The van der Waals surface area contributed by atoms with Crippen molar-refractivity contribution < 1.29 is 14.3 Å². The van der Waals surface area contributed by atoms with Gasteiger partial charge in [0, 0.05) is 13.1 Å². The summed E-state index contributed by atoms with van der Waals surface area (Å²) in [5, 5.41) is 0. The second-order valence-electron chi connectivity index (χ2n) is 5.85. The average molecular weight is 290 g/mol. The van der Waals surface area contributed by atoms with E-state index >= 15 is 0 Å². The van der Waals surface area contributed by atoms with Crippen LogP contribution in [0.4, 0.5) is 0 Å². The molecule has 1 amide bonds. The number of para-hydroxylation sites is 1. The number of Topliss-reactive ketones (excluding diaryl/α,β-unsaturated/α-hetero) is 1. The van der Waals surface area contributed by atoms with Gasteiger partial charge in [-0.25, -0.2) is 0 Å². The number of carbonyl (C=O) groups is 2. The maximum atomic E-state index is 11.5. The largest absolute Gasteiger partial charge is 0.491 e. The molecule has 21 heavy (non-hydrogen) atoms. The molecule has 0 bridgehead atoms. The Labute approximate surface area is 125 Å². The molecule has 1 unspecified atom stereocenters. The van der Waals surface area contributed by atoms with Crippen molar-refractivity contribution in [1.29, 1.82) is 0 Å². The summed E-state index contributed by atoms with van der Waals surface area (Å²) < 4.78 is 5.71. The molecule has 1 saturated heterocycles. The summed E-state index contributed by atoms with van der Waals surface area (Å²) in [6.45, 7) is 6.15. The van der Waals surface area contributed by atoms with Crippen LogP contribution in [0.3, 0.4) is 0 Å². The number of benzene rings is 1. The average Bonchev–Trinajstić information content (AvgIpc) is 2.82. The second-order valence-corrected chi connectivity index (χ2v) is 5.85. The molecule has 2 rings (SSSR count). The smallest absolute Gasteiger partial charge is 0.224 e. The molecule has 0 saturated carbocycles. The zero-order valence-corrected chi connectivity index (χ0v) is 12.6. The molecule has 1 fully saturated rings. The molecular weight excluding hydrogens is 268 g/mol. The fourth-order valence-electron chi connectivity index (χ4n) is 2.62. The topological polar surface area (TPSA) is 72.6 Å². The molecular formula is C16H22N2O3. The molecule has 1 aromatic carbocycles. The number of hydrogen-bond acceptors (Lipinski definition) is 4. The van der Waals surface area contributed by atoms with E-state index in [1.54, 1.807) is 12.1 Å². The summed E-state index contributed by atoms with van der Waals surface area (Å²) in [5.41, 5.74) is 5.60. The SMILES string of the molecule is CC(=O)c1ccccc1OCCN1CCC(C)(C(N)=O)C1. The summed E-state index contributed by atoms with van der Waals surface area (Å²) in [4.78, 5) is 25.1. The van der Waals surface area contributed by atoms with Gasteiger partial charge in [0.2, 0.25) is 5.91 Å². The van der Waals surface area contributed by atoms with Crippen LogP contribution in [0.2, 0.25) is 0 Å². The third-order valence-corrected chi connectivity index (χ3v) is 4.08. The van der Waals surface area contributed by atoms with Gasteiger partial charge in [0.1, 0.15) is 12.4 Å². The van der Waals surface area contributed by atoms with Crippen LogP contribution >= 0.6 is 0 Å². The first-order chi connectivity index (χ1) is 9.92. The standard InChI is InChI=1S/C16H22N2O3/c1-12(19)13-5-3-4-6-14(13)21-10-9-18-8-7-16(2,11-18)15(17)20/h3-6H,7-11H2,1-2H3,(H2,17,20). The quantitative estimate of drug-likeness (QED) is 0.805. The summed E-state index contributed by atoms with van der Waals surface area (Å²) >= 11 is 0. The fourth-order valence-corrected chi connectivity index (χ4v) is 2.62. The molecule has 1 aromatic rings. The lowest BCUT2D eigenvalue weighted by Crippen LogP contribution is -2.37. The van der Waals surface area contributed by atoms with E-state index in [4.69, 9.17) is 10.5 Å². The third-order valence-electron chi connectivity index (χ3n) is 4.08. The Morgan fingerprint density at radius 3 is 2.71 bits per heavy atom. The number of carbonyl (C=O) groups excluding carboxylic acids is 2. The Morgan fingerprint density at radius 2 is 2.10 bits per heavy atom. The van der Waals surface area contributed by atoms with E-state index < -0.39 is 5.41 Å². The van der Waals surface area contributed by atoms with Gasteiger partial charge in [-0.05, 0) is 38.9 Å². The molecule has 1 atom stereocenters. The first kappa shape index (κ1) is 15.5. The van der Waals surface area contributed by atoms with Crippen LogP contribution in [0.5, 0.6) is 5.75 Å². The van der Waals surface area contributed by atoms with E-state index in [2.05, 4.69) is 4.90 Å². The van der Waals surface area contributed by atoms with Crippen LogP contribution in [0, 0.1) is 5.41 Å². The Kier molecular flexibility index (Phi) is 4.63. The zero-order valence-electron chi connectivity index (χ0n) is 12.6. The monoisotopic (exact) mass is 290 g/mol. The van der Waals surface area contributed by atoms with Gasteiger partial charge in [0.25, 0.3) is 0 Å². The molecule has 2 N–H and O–H groups in total. The van der Waals surface area contributed by atoms with Gasteiger partial charge in [-0.3, -0.25) is 14.5 Å². The first-order valence-corrected chi connectivity index (χ1v) is 7.17. The Morgan fingerprint density at radius 1 is 1.38 bits per heavy atom. The number of nitrogens with zero attached hydrogens (tertiary/aromatic N) is 1. The van der Waals surface area contributed by atoms with Gasteiger partial charge in [-0.2, -0.15) is 0 Å². The molecule has 0 spiro atoms. The van der Waals surface area contributed by atoms with Crippen LogP contribution in [-0.2, 0) is 4.79 Å². The highest BCUT2D eigenvalue weighted by molar-refractivity contribution is 5.96. The highest BCUT2D eigenvalue weighted by Gasteiger charge is 2.38. The molecule has 114 valence electrons. The lowest BCUT2D eigenvalue weighted by Gasteiger charge is -2.21. The van der Waals surface area contributed by atoms with Crippen molar-refractivity contribution in [2.45, 2.75) is 20.3 Å². The molecule has 0 aliphatic carbocycles. The summed E-state index contributed by atoms with van der Waals surface area (Å²) in [7, 11) is 0. The zero-order chi connectivity index (χ0) is 15.5. The summed E-state index contributed by atoms with van der Waals surface area (Å²) in [5.74, 6) is 0.364. The lowest BCUT2D eigenvalue weighted by molar-refractivity contribution is -0.126. The first-order valence-electron chi connectivity index (χ1n) is 7.17. The van der Waals surface area contributed by atoms with Crippen molar-refractivity contribution >= 4 is 11.7 Å². The normalized spacial score (nSPS) is 22.2. The highest BCUT2D eigenvalue weighted by Crippen LogP contribution is 2.29. The molecule has 5 nitrogen and oxygen atoms in total. The van der Waals surface area contributed by atoms with Gasteiger partial charge in [-0.1, -0.05) is 12.1 Å². The lowest BCUT2D eigenvalue weighted by atomic mass is 9.89. The van der Waals surface area contributed by atoms with Crippen molar-refractivity contribution in [3.05, 3.63) is 29.8 Å². The maximum absolute atomic E-state index is 11.5. The van der Waals surface area contributed by atoms with Crippen molar-refractivity contribution in [3.8, 4) is 5.75 Å².